The molecular weight excluding hydrogens is 294 g/mol. The van der Waals surface area contributed by atoms with Gasteiger partial charge in [-0.05, 0) is 32.6 Å². The number of carbonyl (C=O) groups is 1. The number of carbonyl (C=O) groups excluding carboxylic acids is 1. The number of nitrogens with one attached hydrogen (secondary N) is 1. The first-order valence-electron chi connectivity index (χ1n) is 7.95. The molecule has 2 aromatic rings. The highest BCUT2D eigenvalue weighted by atomic mass is 16.2. The number of H-pyrrole nitrogens is 1. The average Bonchev–Trinajstić information content (AvgIpc) is 3.13. The van der Waals surface area contributed by atoms with Gasteiger partial charge in [0.15, 0.2) is 0 Å². The quantitative estimate of drug-likeness (QED) is 0.920. The molecule has 2 heterocycles. The highest BCUT2D eigenvalue weighted by Gasteiger charge is 2.21. The first-order chi connectivity index (χ1) is 11.0. The molecule has 0 atom stereocenters. The fourth-order valence-corrected chi connectivity index (χ4v) is 3.00. The Hall–Kier alpha value is -2.44. The van der Waals surface area contributed by atoms with Crippen LogP contribution in [-0.4, -0.2) is 44.1 Å². The number of amides is 1. The summed E-state index contributed by atoms with van der Waals surface area (Å²) in [5, 5.41) is 4.25. The molecule has 0 bridgehead atoms. The van der Waals surface area contributed by atoms with Crippen molar-refractivity contribution in [3.63, 3.8) is 0 Å². The molecule has 0 spiro atoms. The second-order valence-electron chi connectivity index (χ2n) is 5.95. The molecule has 122 valence electrons. The van der Waals surface area contributed by atoms with E-state index in [1.807, 2.05) is 13.8 Å². The average molecular weight is 315 g/mol. The summed E-state index contributed by atoms with van der Waals surface area (Å²) in [5.41, 5.74) is 2.73. The van der Waals surface area contributed by atoms with Crippen molar-refractivity contribution in [1.29, 1.82) is 0 Å². The predicted octanol–water partition coefficient (Wildman–Crippen LogP) is 1.23. The zero-order valence-electron chi connectivity index (χ0n) is 13.7. The lowest BCUT2D eigenvalue weighted by atomic mass is 10.2. The van der Waals surface area contributed by atoms with Crippen LogP contribution >= 0.6 is 0 Å². The molecule has 0 saturated heterocycles. The maximum absolute atomic E-state index is 12.4. The number of hydrogen-bond donors (Lipinski definition) is 1. The summed E-state index contributed by atoms with van der Waals surface area (Å²) in [6, 6.07) is 0. The van der Waals surface area contributed by atoms with Crippen molar-refractivity contribution in [2.45, 2.75) is 39.5 Å². The van der Waals surface area contributed by atoms with Crippen LogP contribution in [-0.2, 0) is 12.8 Å². The molecular formula is C16H21N5O2. The monoisotopic (exact) mass is 315 g/mol. The molecule has 7 nitrogen and oxygen atoms in total. The maximum Gasteiger partial charge on any atom is 0.257 e. The van der Waals surface area contributed by atoms with Crippen LogP contribution in [0.1, 0.15) is 47.1 Å². The van der Waals surface area contributed by atoms with Gasteiger partial charge in [0.2, 0.25) is 5.95 Å². The molecule has 23 heavy (non-hydrogen) atoms. The number of aromatic amines is 1. The predicted molar refractivity (Wildman–Crippen MR) is 86.0 cm³/mol. The third kappa shape index (κ3) is 2.67. The topological polar surface area (TPSA) is 83.9 Å². The summed E-state index contributed by atoms with van der Waals surface area (Å²) < 4.78 is 1.53. The van der Waals surface area contributed by atoms with Crippen LogP contribution in [0, 0.1) is 6.92 Å². The molecule has 1 aliphatic rings. The van der Waals surface area contributed by atoms with Crippen LogP contribution in [0.25, 0.3) is 5.95 Å². The summed E-state index contributed by atoms with van der Waals surface area (Å²) in [7, 11) is 1.78. The Morgan fingerprint density at radius 2 is 2.22 bits per heavy atom. The van der Waals surface area contributed by atoms with E-state index < -0.39 is 0 Å². The van der Waals surface area contributed by atoms with Crippen LogP contribution in [0.4, 0.5) is 0 Å². The van der Waals surface area contributed by atoms with Gasteiger partial charge in [-0.3, -0.25) is 14.6 Å². The summed E-state index contributed by atoms with van der Waals surface area (Å²) in [6.45, 7) is 4.53. The first kappa shape index (κ1) is 15.5. The third-order valence-electron chi connectivity index (χ3n) is 4.28. The number of fused-ring (bicyclic) bond motifs is 1. The van der Waals surface area contributed by atoms with E-state index in [1.165, 1.54) is 10.9 Å². The molecule has 3 rings (SSSR count). The highest BCUT2D eigenvalue weighted by Crippen LogP contribution is 2.18. The van der Waals surface area contributed by atoms with Crippen LogP contribution in [0.2, 0.25) is 0 Å². The van der Waals surface area contributed by atoms with Gasteiger partial charge in [-0.25, -0.2) is 9.67 Å². The molecule has 2 aromatic heterocycles. The van der Waals surface area contributed by atoms with E-state index in [0.29, 0.717) is 23.8 Å². The van der Waals surface area contributed by atoms with Crippen molar-refractivity contribution in [3.8, 4) is 5.95 Å². The van der Waals surface area contributed by atoms with Crippen LogP contribution in [0.5, 0.6) is 0 Å². The van der Waals surface area contributed by atoms with Gasteiger partial charge in [-0.2, -0.15) is 5.10 Å². The van der Waals surface area contributed by atoms with Crippen molar-refractivity contribution < 1.29 is 4.79 Å². The molecule has 7 heteroatoms. The van der Waals surface area contributed by atoms with Crippen LogP contribution in [0.15, 0.2) is 11.0 Å². The van der Waals surface area contributed by atoms with E-state index in [0.717, 1.165) is 36.9 Å². The lowest BCUT2D eigenvalue weighted by molar-refractivity contribution is 0.0794. The van der Waals surface area contributed by atoms with Crippen molar-refractivity contribution in [1.82, 2.24) is 24.6 Å². The van der Waals surface area contributed by atoms with E-state index in [1.54, 1.807) is 11.9 Å². The number of nitrogens with zero attached hydrogens (tertiary/aromatic N) is 4. The molecule has 1 N–H and O–H groups in total. The Labute approximate surface area is 134 Å². The van der Waals surface area contributed by atoms with Crippen molar-refractivity contribution in [2.75, 3.05) is 13.6 Å². The molecule has 0 aromatic carbocycles. The minimum absolute atomic E-state index is 0.0703. The molecule has 1 amide bonds. The van der Waals surface area contributed by atoms with Crippen LogP contribution < -0.4 is 5.56 Å². The largest absolute Gasteiger partial charge is 0.342 e. The summed E-state index contributed by atoms with van der Waals surface area (Å²) in [6.07, 6.45) is 4.99. The zero-order valence-corrected chi connectivity index (χ0v) is 13.7. The second kappa shape index (κ2) is 5.98. The second-order valence-corrected chi connectivity index (χ2v) is 5.95. The van der Waals surface area contributed by atoms with Crippen molar-refractivity contribution in [2.24, 2.45) is 0 Å². The Kier molecular flexibility index (Phi) is 4.02. The van der Waals surface area contributed by atoms with E-state index in [-0.39, 0.29) is 11.5 Å². The number of hydrogen-bond acceptors (Lipinski definition) is 4. The first-order valence-corrected chi connectivity index (χ1v) is 7.95. The Morgan fingerprint density at radius 3 is 2.96 bits per heavy atom. The molecule has 0 saturated carbocycles. The van der Waals surface area contributed by atoms with E-state index in [9.17, 15) is 9.59 Å². The molecule has 0 aliphatic heterocycles. The van der Waals surface area contributed by atoms with Gasteiger partial charge in [0.05, 0.1) is 23.1 Å². The van der Waals surface area contributed by atoms with Crippen LogP contribution in [0.3, 0.4) is 0 Å². The zero-order chi connectivity index (χ0) is 16.6. The Bertz CT molecular complexity index is 805. The summed E-state index contributed by atoms with van der Waals surface area (Å²) in [5.74, 6) is 0.310. The van der Waals surface area contributed by atoms with Crippen molar-refractivity contribution in [3.05, 3.63) is 39.1 Å². The van der Waals surface area contributed by atoms with Gasteiger partial charge < -0.3 is 4.90 Å². The SMILES string of the molecule is CCCN(C)C(=O)c1cnn(-c2nc3c(c(=O)[nH]2)CCC3)c1C. The minimum Gasteiger partial charge on any atom is -0.342 e. The van der Waals surface area contributed by atoms with E-state index in [4.69, 9.17) is 0 Å². The Balaban J connectivity index is 1.98. The van der Waals surface area contributed by atoms with E-state index in [2.05, 4.69) is 15.1 Å². The van der Waals surface area contributed by atoms with Gasteiger partial charge in [0.25, 0.3) is 11.5 Å². The van der Waals surface area contributed by atoms with E-state index >= 15 is 0 Å². The standard InChI is InChI=1S/C16H21N5O2/c1-4-8-20(3)15(23)12-9-17-21(10(12)2)16-18-13-7-5-6-11(13)14(22)19-16/h9H,4-8H2,1-3H3,(H,18,19,22). The summed E-state index contributed by atoms with van der Waals surface area (Å²) in [4.78, 5) is 33.5. The highest BCUT2D eigenvalue weighted by molar-refractivity contribution is 5.95. The fourth-order valence-electron chi connectivity index (χ4n) is 3.00. The molecule has 0 fully saturated rings. The molecule has 1 aliphatic carbocycles. The Morgan fingerprint density at radius 1 is 1.43 bits per heavy atom. The molecule has 0 unspecified atom stereocenters. The number of aromatic nitrogens is 4. The van der Waals surface area contributed by atoms with Gasteiger partial charge in [0, 0.05) is 19.2 Å². The lowest BCUT2D eigenvalue weighted by Gasteiger charge is -2.15. The normalized spacial score (nSPS) is 13.2. The number of aryl methyl sites for hydroxylation is 1. The van der Waals surface area contributed by atoms with Gasteiger partial charge in [0.1, 0.15) is 0 Å². The van der Waals surface area contributed by atoms with Crippen molar-refractivity contribution >= 4 is 5.91 Å². The maximum atomic E-state index is 12.4. The van der Waals surface area contributed by atoms with Gasteiger partial charge in [-0.15, -0.1) is 0 Å². The fraction of sp³-hybridized carbons (Fsp3) is 0.500. The third-order valence-corrected chi connectivity index (χ3v) is 4.28. The minimum atomic E-state index is -0.103. The number of rotatable bonds is 4. The van der Waals surface area contributed by atoms with Gasteiger partial charge >= 0.3 is 0 Å². The summed E-state index contributed by atoms with van der Waals surface area (Å²) >= 11 is 0. The molecule has 0 radical (unpaired) electrons. The smallest absolute Gasteiger partial charge is 0.257 e. The van der Waals surface area contributed by atoms with Gasteiger partial charge in [-0.1, -0.05) is 6.92 Å². The lowest BCUT2D eigenvalue weighted by Crippen LogP contribution is -2.27.